The summed E-state index contributed by atoms with van der Waals surface area (Å²) >= 11 is 0. The number of hydrogen-bond donors (Lipinski definition) is 0. The summed E-state index contributed by atoms with van der Waals surface area (Å²) in [4.78, 5) is 29.7. The van der Waals surface area contributed by atoms with Gasteiger partial charge in [0.25, 0.3) is 0 Å². The Morgan fingerprint density at radius 3 is 2.25 bits per heavy atom. The lowest BCUT2D eigenvalue weighted by atomic mass is 9.98. The molecule has 2 aromatic rings. The Kier molecular flexibility index (Phi) is 10.8. The van der Waals surface area contributed by atoms with Crippen LogP contribution in [0.2, 0.25) is 0 Å². The van der Waals surface area contributed by atoms with Gasteiger partial charge in [-0.1, -0.05) is 30.3 Å². The number of unbranched alkanes of at least 4 members (excludes halogenated alkanes) is 1. The molecular formula is C30H44N2O4. The molecule has 36 heavy (non-hydrogen) atoms. The molecular weight excluding hydrogens is 452 g/mol. The molecule has 0 aliphatic carbocycles. The third-order valence-electron chi connectivity index (χ3n) is 6.18. The fourth-order valence-corrected chi connectivity index (χ4v) is 4.16. The van der Waals surface area contributed by atoms with E-state index in [0.29, 0.717) is 24.5 Å². The molecule has 2 aromatic carbocycles. The molecule has 198 valence electrons. The van der Waals surface area contributed by atoms with Crippen LogP contribution in [-0.2, 0) is 11.2 Å². The average Bonchev–Trinajstić information content (AvgIpc) is 2.82. The zero-order chi connectivity index (χ0) is 26.9. The largest absolute Gasteiger partial charge is 0.493 e. The summed E-state index contributed by atoms with van der Waals surface area (Å²) in [6, 6.07) is 14.0. The minimum atomic E-state index is -0.596. The maximum atomic E-state index is 13.3. The minimum Gasteiger partial charge on any atom is -0.493 e. The highest BCUT2D eigenvalue weighted by Crippen LogP contribution is 2.36. The van der Waals surface area contributed by atoms with Crippen molar-refractivity contribution < 1.29 is 19.1 Å². The van der Waals surface area contributed by atoms with Crippen LogP contribution in [0, 0.1) is 0 Å². The SMILES string of the molecule is CCOc1cc(C(C)N(CCCCc2ccccc2)C(=O)OC(C)(C)C)cc(N(C)CC)c1C(C)=O. The van der Waals surface area contributed by atoms with Gasteiger partial charge in [0.05, 0.1) is 23.9 Å². The molecule has 0 fully saturated rings. The second-order valence-corrected chi connectivity index (χ2v) is 10.2. The number of rotatable bonds is 12. The van der Waals surface area contributed by atoms with Crippen molar-refractivity contribution in [3.8, 4) is 5.75 Å². The highest BCUT2D eigenvalue weighted by Gasteiger charge is 2.29. The van der Waals surface area contributed by atoms with E-state index in [0.717, 1.165) is 37.1 Å². The number of Topliss-reactive ketones (excluding diaryl/α,β-unsaturated/α-hetero) is 1. The van der Waals surface area contributed by atoms with Crippen LogP contribution in [0.4, 0.5) is 10.5 Å². The molecule has 0 N–H and O–H groups in total. The molecule has 0 radical (unpaired) electrons. The molecule has 0 heterocycles. The normalized spacial score (nSPS) is 12.1. The number of ketones is 1. The molecule has 0 aliphatic rings. The molecule has 0 aromatic heterocycles. The molecule has 6 nitrogen and oxygen atoms in total. The third kappa shape index (κ3) is 8.28. The summed E-state index contributed by atoms with van der Waals surface area (Å²) in [6.45, 7) is 14.9. The van der Waals surface area contributed by atoms with Crippen molar-refractivity contribution in [3.63, 3.8) is 0 Å². The second-order valence-electron chi connectivity index (χ2n) is 10.2. The first kappa shape index (κ1) is 29.2. The lowest BCUT2D eigenvalue weighted by Gasteiger charge is -2.33. The van der Waals surface area contributed by atoms with E-state index in [1.54, 1.807) is 11.8 Å². The van der Waals surface area contributed by atoms with Gasteiger partial charge in [-0.25, -0.2) is 4.79 Å². The number of amides is 1. The van der Waals surface area contributed by atoms with E-state index in [9.17, 15) is 9.59 Å². The quantitative estimate of drug-likeness (QED) is 0.232. The lowest BCUT2D eigenvalue weighted by Crippen LogP contribution is -2.39. The Bertz CT molecular complexity index is 998. The summed E-state index contributed by atoms with van der Waals surface area (Å²) in [7, 11) is 1.96. The number of carbonyl (C=O) groups excluding carboxylic acids is 2. The van der Waals surface area contributed by atoms with E-state index in [1.807, 2.05) is 71.7 Å². The zero-order valence-corrected chi connectivity index (χ0v) is 23.4. The van der Waals surface area contributed by atoms with Crippen LogP contribution >= 0.6 is 0 Å². The summed E-state index contributed by atoms with van der Waals surface area (Å²) < 4.78 is 11.7. The molecule has 0 spiro atoms. The number of aryl methyl sites for hydroxylation is 1. The van der Waals surface area contributed by atoms with Crippen molar-refractivity contribution in [1.82, 2.24) is 4.90 Å². The molecule has 1 atom stereocenters. The molecule has 6 heteroatoms. The van der Waals surface area contributed by atoms with Crippen LogP contribution in [0.15, 0.2) is 42.5 Å². The number of anilines is 1. The monoisotopic (exact) mass is 496 g/mol. The molecule has 0 saturated carbocycles. The maximum absolute atomic E-state index is 13.3. The van der Waals surface area contributed by atoms with Crippen molar-refractivity contribution in [1.29, 1.82) is 0 Å². The van der Waals surface area contributed by atoms with Crippen LogP contribution < -0.4 is 9.64 Å². The van der Waals surface area contributed by atoms with Gasteiger partial charge >= 0.3 is 6.09 Å². The van der Waals surface area contributed by atoms with Crippen LogP contribution in [-0.4, -0.2) is 49.1 Å². The van der Waals surface area contributed by atoms with E-state index in [1.165, 1.54) is 5.56 Å². The highest BCUT2D eigenvalue weighted by atomic mass is 16.6. The Morgan fingerprint density at radius 1 is 1.03 bits per heavy atom. The van der Waals surface area contributed by atoms with Crippen molar-refractivity contribution in [2.24, 2.45) is 0 Å². The van der Waals surface area contributed by atoms with Gasteiger partial charge in [0, 0.05) is 20.1 Å². The third-order valence-corrected chi connectivity index (χ3v) is 6.18. The average molecular weight is 497 g/mol. The van der Waals surface area contributed by atoms with Crippen molar-refractivity contribution in [2.45, 2.75) is 79.4 Å². The summed E-state index contributed by atoms with van der Waals surface area (Å²) in [5.74, 6) is 0.510. The van der Waals surface area contributed by atoms with Gasteiger partial charge in [-0.15, -0.1) is 0 Å². The van der Waals surface area contributed by atoms with Gasteiger partial charge in [-0.3, -0.25) is 4.79 Å². The Hall–Kier alpha value is -3.02. The van der Waals surface area contributed by atoms with Gasteiger partial charge in [-0.05, 0) is 91.0 Å². The first-order chi connectivity index (χ1) is 17.0. The standard InChI is InChI=1S/C30H44N2O4/c1-9-31(8)26-20-25(21-27(35-10-2)28(26)23(4)33)22(3)32(29(34)36-30(5,6)7)19-15-14-18-24-16-12-11-13-17-24/h11-13,16-17,20-22H,9-10,14-15,18-19H2,1-8H3. The van der Waals surface area contributed by atoms with Gasteiger partial charge in [0.15, 0.2) is 5.78 Å². The number of carbonyl (C=O) groups is 2. The van der Waals surface area contributed by atoms with E-state index < -0.39 is 5.60 Å². The van der Waals surface area contributed by atoms with Gasteiger partial charge in [0.1, 0.15) is 11.4 Å². The first-order valence-corrected chi connectivity index (χ1v) is 13.0. The van der Waals surface area contributed by atoms with Crippen LogP contribution in [0.5, 0.6) is 5.75 Å². The van der Waals surface area contributed by atoms with Gasteiger partial charge < -0.3 is 19.3 Å². The number of hydrogen-bond acceptors (Lipinski definition) is 5. The number of benzene rings is 2. The van der Waals surface area contributed by atoms with E-state index in [4.69, 9.17) is 9.47 Å². The molecule has 0 saturated heterocycles. The maximum Gasteiger partial charge on any atom is 0.410 e. The van der Waals surface area contributed by atoms with Gasteiger partial charge in [-0.2, -0.15) is 0 Å². The first-order valence-electron chi connectivity index (χ1n) is 13.0. The highest BCUT2D eigenvalue weighted by molar-refractivity contribution is 6.02. The number of ether oxygens (including phenoxy) is 2. The van der Waals surface area contributed by atoms with Crippen LogP contribution in [0.25, 0.3) is 0 Å². The Balaban J connectivity index is 2.38. The Labute approximate surface area is 217 Å². The lowest BCUT2D eigenvalue weighted by molar-refractivity contribution is 0.0169. The van der Waals surface area contributed by atoms with Crippen molar-refractivity contribution in [2.75, 3.05) is 31.6 Å². The summed E-state index contributed by atoms with van der Waals surface area (Å²) in [6.07, 6.45) is 2.44. The van der Waals surface area contributed by atoms with E-state index in [-0.39, 0.29) is 17.9 Å². The predicted molar refractivity (Wildman–Crippen MR) is 147 cm³/mol. The van der Waals surface area contributed by atoms with Crippen LogP contribution in [0.1, 0.15) is 88.8 Å². The van der Waals surface area contributed by atoms with Crippen LogP contribution in [0.3, 0.4) is 0 Å². The molecule has 1 amide bonds. The zero-order valence-electron chi connectivity index (χ0n) is 23.4. The molecule has 1 unspecified atom stereocenters. The fourth-order valence-electron chi connectivity index (χ4n) is 4.16. The smallest absolute Gasteiger partial charge is 0.410 e. The van der Waals surface area contributed by atoms with Crippen molar-refractivity contribution in [3.05, 3.63) is 59.2 Å². The van der Waals surface area contributed by atoms with Gasteiger partial charge in [0.2, 0.25) is 0 Å². The summed E-state index contributed by atoms with van der Waals surface area (Å²) in [5, 5.41) is 0. The van der Waals surface area contributed by atoms with E-state index >= 15 is 0 Å². The molecule has 2 rings (SSSR count). The summed E-state index contributed by atoms with van der Waals surface area (Å²) in [5.41, 5.74) is 2.99. The number of nitrogens with zero attached hydrogens (tertiary/aromatic N) is 2. The van der Waals surface area contributed by atoms with Crippen molar-refractivity contribution >= 4 is 17.6 Å². The Morgan fingerprint density at radius 2 is 1.69 bits per heavy atom. The topological polar surface area (TPSA) is 59.1 Å². The fraction of sp³-hybridized carbons (Fsp3) is 0.533. The molecule has 0 bridgehead atoms. The second kappa shape index (κ2) is 13.3. The minimum absolute atomic E-state index is 0.0436. The van der Waals surface area contributed by atoms with E-state index in [2.05, 4.69) is 24.3 Å². The molecule has 0 aliphatic heterocycles. The predicted octanol–water partition coefficient (Wildman–Crippen LogP) is 7.07.